The fraction of sp³-hybridized carbons (Fsp3) is 0.538. The van der Waals surface area contributed by atoms with Crippen molar-refractivity contribution in [2.45, 2.75) is 4.90 Å². The first kappa shape index (κ1) is 16.7. The smallest absolute Gasteiger partial charge is 0.244 e. The quantitative estimate of drug-likeness (QED) is 0.801. The number of sulfonamides is 1. The Morgan fingerprint density at radius 3 is 2.76 bits per heavy atom. The number of halogens is 1. The average Bonchev–Trinajstić information content (AvgIpc) is 2.47. The molecule has 0 aliphatic carbocycles. The highest BCUT2D eigenvalue weighted by atomic mass is 79.9. The number of morpholine rings is 1. The Balaban J connectivity index is 1.98. The van der Waals surface area contributed by atoms with Crippen LogP contribution in [0, 0.1) is 0 Å². The van der Waals surface area contributed by atoms with E-state index in [0.717, 1.165) is 17.6 Å². The van der Waals surface area contributed by atoms with Crippen LogP contribution in [0.5, 0.6) is 5.75 Å². The summed E-state index contributed by atoms with van der Waals surface area (Å²) >= 11 is 3.29. The van der Waals surface area contributed by atoms with E-state index in [1.807, 2.05) is 0 Å². The minimum Gasteiger partial charge on any atom is -0.495 e. The maximum atomic E-state index is 12.3. The number of hydrogen-bond acceptors (Lipinski definition) is 5. The molecule has 0 unspecified atom stereocenters. The first-order valence-corrected chi connectivity index (χ1v) is 8.94. The topological polar surface area (TPSA) is 67.9 Å². The normalized spacial score (nSPS) is 16.9. The monoisotopic (exact) mass is 378 g/mol. The third-order valence-electron chi connectivity index (χ3n) is 3.24. The largest absolute Gasteiger partial charge is 0.495 e. The zero-order chi connectivity index (χ0) is 15.3. The van der Waals surface area contributed by atoms with Crippen LogP contribution in [0.15, 0.2) is 27.6 Å². The van der Waals surface area contributed by atoms with Crippen LogP contribution in [0.4, 0.5) is 0 Å². The second kappa shape index (κ2) is 7.55. The SMILES string of the molecule is COc1cc(Br)ccc1S(=O)(=O)NCCN1CCOCC1. The minimum atomic E-state index is -3.57. The van der Waals surface area contributed by atoms with E-state index in [0.29, 0.717) is 32.1 Å². The van der Waals surface area contributed by atoms with Gasteiger partial charge in [0.05, 0.1) is 20.3 Å². The lowest BCUT2D eigenvalue weighted by molar-refractivity contribution is 0.0390. The molecule has 0 radical (unpaired) electrons. The van der Waals surface area contributed by atoms with Crippen LogP contribution in [-0.2, 0) is 14.8 Å². The zero-order valence-corrected chi connectivity index (χ0v) is 14.2. The molecule has 1 fully saturated rings. The zero-order valence-electron chi connectivity index (χ0n) is 11.8. The minimum absolute atomic E-state index is 0.148. The summed E-state index contributed by atoms with van der Waals surface area (Å²) in [6.07, 6.45) is 0. The lowest BCUT2D eigenvalue weighted by Gasteiger charge is -2.26. The number of hydrogen-bond donors (Lipinski definition) is 1. The third-order valence-corrected chi connectivity index (χ3v) is 5.23. The number of nitrogens with one attached hydrogen (secondary N) is 1. The lowest BCUT2D eigenvalue weighted by atomic mass is 10.3. The summed E-state index contributed by atoms with van der Waals surface area (Å²) in [5, 5.41) is 0. The summed E-state index contributed by atoms with van der Waals surface area (Å²) < 4.78 is 38.4. The fourth-order valence-corrected chi connectivity index (χ4v) is 3.61. The number of ether oxygens (including phenoxy) is 2. The molecule has 6 nitrogen and oxygen atoms in total. The Morgan fingerprint density at radius 2 is 2.10 bits per heavy atom. The highest BCUT2D eigenvalue weighted by Crippen LogP contribution is 2.27. The molecule has 1 aromatic rings. The lowest BCUT2D eigenvalue weighted by Crippen LogP contribution is -2.41. The molecule has 1 heterocycles. The van der Waals surface area contributed by atoms with Crippen molar-refractivity contribution >= 4 is 26.0 Å². The molecular weight excluding hydrogens is 360 g/mol. The molecule has 0 atom stereocenters. The molecule has 0 spiro atoms. The van der Waals surface area contributed by atoms with E-state index in [2.05, 4.69) is 25.6 Å². The van der Waals surface area contributed by atoms with Gasteiger partial charge in [0.15, 0.2) is 0 Å². The maximum Gasteiger partial charge on any atom is 0.244 e. The van der Waals surface area contributed by atoms with Gasteiger partial charge in [0.25, 0.3) is 0 Å². The second-order valence-electron chi connectivity index (χ2n) is 4.65. The average molecular weight is 379 g/mol. The molecular formula is C13H19BrN2O4S. The Bertz CT molecular complexity index is 574. The molecule has 1 aromatic carbocycles. The van der Waals surface area contributed by atoms with Gasteiger partial charge in [-0.3, -0.25) is 4.90 Å². The molecule has 1 aliphatic rings. The number of methoxy groups -OCH3 is 1. The second-order valence-corrected chi connectivity index (χ2v) is 7.30. The van der Waals surface area contributed by atoms with Crippen LogP contribution in [0.2, 0.25) is 0 Å². The van der Waals surface area contributed by atoms with E-state index < -0.39 is 10.0 Å². The Kier molecular flexibility index (Phi) is 6.00. The van der Waals surface area contributed by atoms with Gasteiger partial charge in [-0.1, -0.05) is 15.9 Å². The molecule has 8 heteroatoms. The van der Waals surface area contributed by atoms with Crippen molar-refractivity contribution in [2.75, 3.05) is 46.5 Å². The van der Waals surface area contributed by atoms with E-state index in [-0.39, 0.29) is 4.90 Å². The van der Waals surface area contributed by atoms with Gasteiger partial charge in [-0.25, -0.2) is 13.1 Å². The van der Waals surface area contributed by atoms with Crippen LogP contribution in [0.3, 0.4) is 0 Å². The van der Waals surface area contributed by atoms with Gasteiger partial charge in [0, 0.05) is 30.7 Å². The number of benzene rings is 1. The Labute approximate surface area is 133 Å². The van der Waals surface area contributed by atoms with Gasteiger partial charge in [-0.15, -0.1) is 0 Å². The summed E-state index contributed by atoms with van der Waals surface area (Å²) in [6, 6.07) is 4.84. The molecule has 21 heavy (non-hydrogen) atoms. The first-order chi connectivity index (χ1) is 10.0. The van der Waals surface area contributed by atoms with Crippen molar-refractivity contribution in [3.63, 3.8) is 0 Å². The molecule has 2 rings (SSSR count). The highest BCUT2D eigenvalue weighted by molar-refractivity contribution is 9.10. The highest BCUT2D eigenvalue weighted by Gasteiger charge is 2.20. The van der Waals surface area contributed by atoms with Crippen molar-refractivity contribution in [1.82, 2.24) is 9.62 Å². The van der Waals surface area contributed by atoms with E-state index >= 15 is 0 Å². The predicted octanol–water partition coefficient (Wildman–Crippen LogP) is 1.07. The Hall–Kier alpha value is -0.670. The summed E-state index contributed by atoms with van der Waals surface area (Å²) in [5.74, 6) is 0.322. The number of nitrogens with zero attached hydrogens (tertiary/aromatic N) is 1. The summed E-state index contributed by atoms with van der Waals surface area (Å²) in [6.45, 7) is 4.11. The van der Waals surface area contributed by atoms with Gasteiger partial charge < -0.3 is 9.47 Å². The molecule has 0 bridgehead atoms. The van der Waals surface area contributed by atoms with Crippen LogP contribution in [0.25, 0.3) is 0 Å². The van der Waals surface area contributed by atoms with Crippen LogP contribution < -0.4 is 9.46 Å². The van der Waals surface area contributed by atoms with E-state index in [1.165, 1.54) is 13.2 Å². The van der Waals surface area contributed by atoms with Crippen LogP contribution in [0.1, 0.15) is 0 Å². The van der Waals surface area contributed by atoms with Crippen molar-refractivity contribution in [2.24, 2.45) is 0 Å². The number of rotatable bonds is 6. The predicted molar refractivity (Wildman–Crippen MR) is 83.1 cm³/mol. The molecule has 1 saturated heterocycles. The van der Waals surface area contributed by atoms with Gasteiger partial charge in [0.1, 0.15) is 10.6 Å². The summed E-state index contributed by atoms with van der Waals surface area (Å²) in [4.78, 5) is 2.32. The van der Waals surface area contributed by atoms with E-state index in [1.54, 1.807) is 12.1 Å². The van der Waals surface area contributed by atoms with Crippen molar-refractivity contribution < 1.29 is 17.9 Å². The van der Waals surface area contributed by atoms with Gasteiger partial charge in [-0.05, 0) is 18.2 Å². The molecule has 118 valence electrons. The standard InChI is InChI=1S/C13H19BrN2O4S/c1-19-12-10-11(14)2-3-13(12)21(17,18)15-4-5-16-6-8-20-9-7-16/h2-3,10,15H,4-9H2,1H3. The van der Waals surface area contributed by atoms with E-state index in [4.69, 9.17) is 9.47 Å². The maximum absolute atomic E-state index is 12.3. The molecule has 0 aromatic heterocycles. The van der Waals surface area contributed by atoms with Gasteiger partial charge in [-0.2, -0.15) is 0 Å². The van der Waals surface area contributed by atoms with Crippen molar-refractivity contribution in [1.29, 1.82) is 0 Å². The molecule has 1 aliphatic heterocycles. The third kappa shape index (κ3) is 4.65. The van der Waals surface area contributed by atoms with Crippen LogP contribution in [-0.4, -0.2) is 59.8 Å². The van der Waals surface area contributed by atoms with Gasteiger partial charge >= 0.3 is 0 Å². The van der Waals surface area contributed by atoms with E-state index in [9.17, 15) is 8.42 Å². The van der Waals surface area contributed by atoms with Crippen LogP contribution >= 0.6 is 15.9 Å². The Morgan fingerprint density at radius 1 is 1.38 bits per heavy atom. The first-order valence-electron chi connectivity index (χ1n) is 6.66. The summed E-state index contributed by atoms with van der Waals surface area (Å²) in [7, 11) is -2.12. The molecule has 1 N–H and O–H groups in total. The van der Waals surface area contributed by atoms with Crippen molar-refractivity contribution in [3.8, 4) is 5.75 Å². The molecule has 0 saturated carbocycles. The fourth-order valence-electron chi connectivity index (χ4n) is 2.10. The van der Waals surface area contributed by atoms with Crippen molar-refractivity contribution in [3.05, 3.63) is 22.7 Å². The summed E-state index contributed by atoms with van der Waals surface area (Å²) in [5.41, 5.74) is 0. The van der Waals surface area contributed by atoms with Gasteiger partial charge in [0.2, 0.25) is 10.0 Å². The molecule has 0 amide bonds.